The highest BCUT2D eigenvalue weighted by atomic mass is 127. The third-order valence-corrected chi connectivity index (χ3v) is 9.57. The number of nitrogens with zero attached hydrogens (tertiary/aromatic N) is 10. The third kappa shape index (κ3) is 10.9. The molecule has 3 aromatic carbocycles. The first kappa shape index (κ1) is 44.3. The van der Waals surface area contributed by atoms with Gasteiger partial charge in [-0.05, 0) is 116 Å². The molecule has 18 heteroatoms. The molecule has 0 fully saturated rings. The van der Waals surface area contributed by atoms with Crippen molar-refractivity contribution < 1.29 is 14.2 Å². The number of nitriles is 1. The van der Waals surface area contributed by atoms with Crippen LogP contribution in [-0.2, 0) is 0 Å². The first-order valence-electron chi connectivity index (χ1n) is 17.4. The van der Waals surface area contributed by atoms with Gasteiger partial charge in [0, 0.05) is 38.2 Å². The molecule has 0 saturated carbocycles. The van der Waals surface area contributed by atoms with Crippen LogP contribution in [0, 0.1) is 35.8 Å². The van der Waals surface area contributed by atoms with Gasteiger partial charge in [-0.3, -0.25) is 0 Å². The lowest BCUT2D eigenvalue weighted by molar-refractivity contribution is 0.414. The first-order valence-corrected chi connectivity index (χ1v) is 18.8. The highest BCUT2D eigenvalue weighted by molar-refractivity contribution is 14.1. The van der Waals surface area contributed by atoms with Crippen molar-refractivity contribution in [2.75, 3.05) is 74.4 Å². The van der Waals surface area contributed by atoms with Crippen LogP contribution in [0.1, 0.15) is 23.2 Å². The van der Waals surface area contributed by atoms with Crippen LogP contribution >= 0.6 is 34.2 Å². The molecule has 0 saturated heterocycles. The zero-order valence-electron chi connectivity index (χ0n) is 33.6. The van der Waals surface area contributed by atoms with Gasteiger partial charge in [0.25, 0.3) is 0 Å². The number of nitrogens with two attached hydrogens (primary N) is 3. The minimum Gasteiger partial charge on any atom is -0.497 e. The smallest absolute Gasteiger partial charge is 0.169 e. The summed E-state index contributed by atoms with van der Waals surface area (Å²) in [7, 11) is 10.5. The van der Waals surface area contributed by atoms with Crippen LogP contribution in [0.3, 0.4) is 0 Å². The van der Waals surface area contributed by atoms with E-state index in [-0.39, 0.29) is 16.5 Å². The van der Waals surface area contributed by atoms with Crippen molar-refractivity contribution in [2.45, 2.75) is 20.8 Å². The van der Waals surface area contributed by atoms with E-state index in [2.05, 4.69) is 52.5 Å². The molecule has 302 valence electrons. The fourth-order valence-electron chi connectivity index (χ4n) is 5.27. The van der Waals surface area contributed by atoms with Crippen molar-refractivity contribution in [1.82, 2.24) is 29.9 Å². The van der Waals surface area contributed by atoms with Crippen LogP contribution < -0.4 is 46.1 Å². The quantitative estimate of drug-likeness (QED) is 0.0942. The lowest BCUT2D eigenvalue weighted by Gasteiger charge is -2.21. The molecule has 6 N–H and O–H groups in total. The number of aromatic nitrogens is 6. The van der Waals surface area contributed by atoms with Crippen molar-refractivity contribution in [1.29, 1.82) is 5.26 Å². The lowest BCUT2D eigenvalue weighted by Crippen LogP contribution is -2.16. The van der Waals surface area contributed by atoms with Gasteiger partial charge < -0.3 is 46.1 Å². The molecule has 0 bridgehead atoms. The minimum absolute atomic E-state index is 0.188. The number of hydrogen-bond acceptors (Lipinski definition) is 16. The van der Waals surface area contributed by atoms with Gasteiger partial charge in [0.15, 0.2) is 28.3 Å². The van der Waals surface area contributed by atoms with Gasteiger partial charge in [-0.2, -0.15) is 5.26 Å². The molecule has 6 aromatic rings. The number of halogens is 2. The van der Waals surface area contributed by atoms with Gasteiger partial charge >= 0.3 is 0 Å². The summed E-state index contributed by atoms with van der Waals surface area (Å²) in [6, 6.07) is 24.8. The maximum Gasteiger partial charge on any atom is 0.169 e. The van der Waals surface area contributed by atoms with Gasteiger partial charge in [-0.1, -0.05) is 11.6 Å². The minimum atomic E-state index is 0.188. The SMILES string of the molecule is COc1ccc(N(C)c2nc(C)nc(C#N)c2N)cc1.COc1ccc(N(C)c2nc(C)nc(Cl)c2N)cc1.COc1ccc(N(C)c2nc(C)nc(I)c2N)cc1. The zero-order chi connectivity index (χ0) is 42.7. The second-order valence-electron chi connectivity index (χ2n) is 12.3. The number of aryl methyl sites for hydroxylation is 3. The van der Waals surface area contributed by atoms with Crippen LogP contribution in [-0.4, -0.2) is 72.4 Å². The number of benzene rings is 3. The summed E-state index contributed by atoms with van der Waals surface area (Å²) < 4.78 is 16.2. The summed E-state index contributed by atoms with van der Waals surface area (Å²) in [5.74, 6) is 5.98. The normalized spacial score (nSPS) is 10.2. The maximum atomic E-state index is 9.03. The molecule has 0 aliphatic rings. The molecular weight excluding hydrogens is 873 g/mol. The van der Waals surface area contributed by atoms with Crippen LogP contribution in [0.2, 0.25) is 5.15 Å². The van der Waals surface area contributed by atoms with E-state index in [1.807, 2.05) is 122 Å². The molecule has 0 radical (unpaired) electrons. The van der Waals surface area contributed by atoms with Crippen molar-refractivity contribution >= 4 is 85.8 Å². The third-order valence-electron chi connectivity index (χ3n) is 8.46. The predicted octanol–water partition coefficient (Wildman–Crippen LogP) is 7.56. The van der Waals surface area contributed by atoms with E-state index in [1.165, 1.54) is 0 Å². The Balaban J connectivity index is 0.000000193. The lowest BCUT2D eigenvalue weighted by atomic mass is 10.2. The largest absolute Gasteiger partial charge is 0.497 e. The Labute approximate surface area is 356 Å². The van der Waals surface area contributed by atoms with E-state index in [1.54, 1.807) is 35.2 Å². The zero-order valence-corrected chi connectivity index (χ0v) is 36.5. The molecular formula is C40H45ClIN13O3. The Morgan fingerprint density at radius 2 is 0.862 bits per heavy atom. The number of hydrogen-bond donors (Lipinski definition) is 3. The summed E-state index contributed by atoms with van der Waals surface area (Å²) in [5.41, 5.74) is 22.1. The van der Waals surface area contributed by atoms with Gasteiger partial charge in [0.05, 0.1) is 21.3 Å². The van der Waals surface area contributed by atoms with Gasteiger partial charge in [0.2, 0.25) is 0 Å². The van der Waals surface area contributed by atoms with Gasteiger partial charge in [-0.25, -0.2) is 29.9 Å². The summed E-state index contributed by atoms with van der Waals surface area (Å²) in [6.45, 7) is 5.36. The molecule has 58 heavy (non-hydrogen) atoms. The van der Waals surface area contributed by atoms with Crippen molar-refractivity contribution in [2.24, 2.45) is 0 Å². The molecule has 0 aliphatic carbocycles. The first-order chi connectivity index (χ1) is 27.6. The molecule has 0 spiro atoms. The van der Waals surface area contributed by atoms with E-state index in [0.717, 1.165) is 38.0 Å². The molecule has 0 unspecified atom stereocenters. The molecule has 6 rings (SSSR count). The Morgan fingerprint density at radius 3 is 1.22 bits per heavy atom. The Kier molecular flexibility index (Phi) is 15.4. The fraction of sp³-hybridized carbons (Fsp3) is 0.225. The summed E-state index contributed by atoms with van der Waals surface area (Å²) in [5, 5.41) is 9.30. The highest BCUT2D eigenvalue weighted by Crippen LogP contribution is 2.33. The molecule has 3 aromatic heterocycles. The fourth-order valence-corrected chi connectivity index (χ4v) is 6.07. The Morgan fingerprint density at radius 1 is 0.534 bits per heavy atom. The Bertz CT molecular complexity index is 2260. The standard InChI is InChI=1S/C14H15N5O.C13H15ClN4O.C13H15IN4O/c1-9-17-12(8-15)13(16)14(18-9)19(2)10-4-6-11(20-3)7-5-10;2*1-8-16-12(14)11(15)13(17-8)18(2)9-4-6-10(19-3)7-5-9/h4-7H,16H2,1-3H3;2*4-7H,15H2,1-3H3. The summed E-state index contributed by atoms with van der Waals surface area (Å²) >= 11 is 8.09. The van der Waals surface area contributed by atoms with Crippen LogP contribution in [0.15, 0.2) is 72.8 Å². The van der Waals surface area contributed by atoms with E-state index in [9.17, 15) is 0 Å². The van der Waals surface area contributed by atoms with Crippen LogP contribution in [0.25, 0.3) is 0 Å². The van der Waals surface area contributed by atoms with Crippen molar-refractivity contribution in [3.05, 3.63) is 105 Å². The number of ether oxygens (including phenoxy) is 3. The average Bonchev–Trinajstić information content (AvgIpc) is 3.23. The Hall–Kier alpha value is -6.39. The van der Waals surface area contributed by atoms with Gasteiger partial charge in [0.1, 0.15) is 61.6 Å². The molecule has 0 amide bonds. The number of methoxy groups -OCH3 is 3. The van der Waals surface area contributed by atoms with E-state index >= 15 is 0 Å². The van der Waals surface area contributed by atoms with E-state index < -0.39 is 0 Å². The number of nitrogen functional groups attached to an aromatic ring is 3. The van der Waals surface area contributed by atoms with Crippen LogP contribution in [0.5, 0.6) is 17.2 Å². The second kappa shape index (κ2) is 20.2. The summed E-state index contributed by atoms with van der Waals surface area (Å²) in [6.07, 6.45) is 0. The average molecular weight is 918 g/mol. The van der Waals surface area contributed by atoms with Crippen molar-refractivity contribution in [3.8, 4) is 23.3 Å². The van der Waals surface area contributed by atoms with E-state index in [4.69, 9.17) is 48.3 Å². The predicted molar refractivity (Wildman–Crippen MR) is 239 cm³/mol. The summed E-state index contributed by atoms with van der Waals surface area (Å²) in [4.78, 5) is 30.9. The van der Waals surface area contributed by atoms with E-state index in [0.29, 0.717) is 46.3 Å². The van der Waals surface area contributed by atoms with Crippen LogP contribution in [0.4, 0.5) is 51.6 Å². The molecule has 3 heterocycles. The monoisotopic (exact) mass is 917 g/mol. The second-order valence-corrected chi connectivity index (χ2v) is 13.7. The maximum absolute atomic E-state index is 9.03. The molecule has 0 aliphatic heterocycles. The topological polar surface area (TPSA) is 217 Å². The number of rotatable bonds is 9. The molecule has 0 atom stereocenters. The molecule has 16 nitrogen and oxygen atoms in total. The highest BCUT2D eigenvalue weighted by Gasteiger charge is 2.17. The van der Waals surface area contributed by atoms with Gasteiger partial charge in [-0.15, -0.1) is 0 Å². The van der Waals surface area contributed by atoms with Crippen molar-refractivity contribution in [3.63, 3.8) is 0 Å². The number of anilines is 9.